The van der Waals surface area contributed by atoms with E-state index in [1.165, 1.54) is 6.92 Å². The molecule has 2 bridgehead atoms. The summed E-state index contributed by atoms with van der Waals surface area (Å²) in [6.45, 7) is 1.49. The van der Waals surface area contributed by atoms with Gasteiger partial charge in [-0.1, -0.05) is 24.6 Å². The molecule has 1 fully saturated rings. The Labute approximate surface area is 124 Å². The molecule has 1 nitrogen and oxygen atoms in total. The molecule has 0 aliphatic carbocycles. The fourth-order valence-corrected chi connectivity index (χ4v) is 5.23. The fraction of sp³-hybridized carbons (Fsp3) is 0.500. The lowest BCUT2D eigenvalue weighted by Crippen LogP contribution is -2.33. The molecule has 3 unspecified atom stereocenters. The molecule has 0 saturated carbocycles. The van der Waals surface area contributed by atoms with Crippen LogP contribution in [0.25, 0.3) is 5.57 Å². The summed E-state index contributed by atoms with van der Waals surface area (Å²) in [6.07, 6.45) is 1.41. The van der Waals surface area contributed by atoms with Gasteiger partial charge in [0.25, 0.3) is 0 Å². The number of hydrogen-bond acceptors (Lipinski definition) is 1. The summed E-state index contributed by atoms with van der Waals surface area (Å²) in [5.74, 6) is 0. The average molecular weight is 314 g/mol. The SMILES string of the molecule is Cc1cc(C2=CC3CCCC(C2)S3=O)ccc1C(F)(F)F. The molecule has 1 aromatic rings. The van der Waals surface area contributed by atoms with E-state index in [1.54, 1.807) is 12.1 Å². The third-order valence-electron chi connectivity index (χ3n) is 4.38. The highest BCUT2D eigenvalue weighted by atomic mass is 32.2. The van der Waals surface area contributed by atoms with Gasteiger partial charge in [0, 0.05) is 16.0 Å². The van der Waals surface area contributed by atoms with Crippen molar-refractivity contribution in [1.29, 1.82) is 0 Å². The van der Waals surface area contributed by atoms with Crippen LogP contribution in [0.4, 0.5) is 13.2 Å². The van der Waals surface area contributed by atoms with E-state index in [1.807, 2.05) is 6.08 Å². The topological polar surface area (TPSA) is 17.1 Å². The number of halogens is 3. The highest BCUT2D eigenvalue weighted by Crippen LogP contribution is 2.38. The van der Waals surface area contributed by atoms with E-state index in [-0.39, 0.29) is 16.1 Å². The van der Waals surface area contributed by atoms with Crippen LogP contribution in [0, 0.1) is 6.92 Å². The Balaban J connectivity index is 1.95. The molecule has 2 heterocycles. The van der Waals surface area contributed by atoms with Crippen LogP contribution in [0.1, 0.15) is 42.4 Å². The second kappa shape index (κ2) is 5.27. The van der Waals surface area contributed by atoms with Gasteiger partial charge in [0.2, 0.25) is 0 Å². The normalized spacial score (nSPS) is 29.1. The van der Waals surface area contributed by atoms with Crippen LogP contribution in [-0.2, 0) is 17.0 Å². The van der Waals surface area contributed by atoms with E-state index in [2.05, 4.69) is 0 Å². The molecule has 0 N–H and O–H groups in total. The monoisotopic (exact) mass is 314 g/mol. The molecule has 3 rings (SSSR count). The molecule has 0 radical (unpaired) electrons. The molecule has 0 spiro atoms. The van der Waals surface area contributed by atoms with Crippen molar-refractivity contribution in [2.45, 2.75) is 49.3 Å². The molecular weight excluding hydrogens is 297 g/mol. The van der Waals surface area contributed by atoms with E-state index in [9.17, 15) is 17.4 Å². The summed E-state index contributed by atoms with van der Waals surface area (Å²) < 4.78 is 50.6. The Morgan fingerprint density at radius 2 is 2.00 bits per heavy atom. The second-order valence-electron chi connectivity index (χ2n) is 5.84. The zero-order valence-corrected chi connectivity index (χ0v) is 12.6. The standard InChI is InChI=1S/C16H17F3OS/c1-10-7-11(5-6-15(10)16(17,18)19)12-8-13-3-2-4-14(9-12)21(13)20/h5-8,13-14H,2-4,9H2,1H3. The zero-order valence-electron chi connectivity index (χ0n) is 11.7. The predicted octanol–water partition coefficient (Wildman–Crippen LogP) is 4.47. The van der Waals surface area contributed by atoms with Crippen LogP contribution in [0.2, 0.25) is 0 Å². The van der Waals surface area contributed by atoms with Crippen LogP contribution < -0.4 is 0 Å². The van der Waals surface area contributed by atoms with Crippen molar-refractivity contribution in [1.82, 2.24) is 0 Å². The minimum Gasteiger partial charge on any atom is -0.259 e. The Hall–Kier alpha value is -1.10. The van der Waals surface area contributed by atoms with Crippen LogP contribution in [0.3, 0.4) is 0 Å². The second-order valence-corrected chi connectivity index (χ2v) is 7.77. The Kier molecular flexibility index (Phi) is 3.72. The first-order valence-corrected chi connectivity index (χ1v) is 8.42. The summed E-state index contributed by atoms with van der Waals surface area (Å²) in [5.41, 5.74) is 1.57. The van der Waals surface area contributed by atoms with E-state index >= 15 is 0 Å². The van der Waals surface area contributed by atoms with Gasteiger partial charge >= 0.3 is 6.18 Å². The molecule has 21 heavy (non-hydrogen) atoms. The van der Waals surface area contributed by atoms with Gasteiger partial charge in [0.05, 0.1) is 10.8 Å². The van der Waals surface area contributed by atoms with Crippen molar-refractivity contribution in [2.75, 3.05) is 0 Å². The van der Waals surface area contributed by atoms with Gasteiger partial charge in [-0.25, -0.2) is 0 Å². The van der Waals surface area contributed by atoms with Crippen molar-refractivity contribution in [3.63, 3.8) is 0 Å². The predicted molar refractivity (Wildman–Crippen MR) is 78.3 cm³/mol. The molecule has 1 aromatic carbocycles. The lowest BCUT2D eigenvalue weighted by Gasteiger charge is -2.33. The summed E-state index contributed by atoms with van der Waals surface area (Å²) in [6, 6.07) is 4.32. The summed E-state index contributed by atoms with van der Waals surface area (Å²) >= 11 is 0. The minimum atomic E-state index is -4.30. The summed E-state index contributed by atoms with van der Waals surface area (Å²) in [4.78, 5) is 0. The van der Waals surface area contributed by atoms with Gasteiger partial charge in [-0.15, -0.1) is 0 Å². The Bertz CT molecular complexity index is 618. The largest absolute Gasteiger partial charge is 0.416 e. The number of hydrogen-bond donors (Lipinski definition) is 0. The third kappa shape index (κ3) is 2.80. The highest BCUT2D eigenvalue weighted by Gasteiger charge is 2.35. The Morgan fingerprint density at radius 1 is 1.24 bits per heavy atom. The number of benzene rings is 1. The summed E-state index contributed by atoms with van der Waals surface area (Å²) in [5, 5.41) is 0.251. The maximum Gasteiger partial charge on any atom is 0.416 e. The van der Waals surface area contributed by atoms with Crippen molar-refractivity contribution < 1.29 is 17.4 Å². The molecule has 3 atom stereocenters. The van der Waals surface area contributed by atoms with Crippen molar-refractivity contribution in [3.8, 4) is 0 Å². The van der Waals surface area contributed by atoms with Crippen LogP contribution >= 0.6 is 0 Å². The lowest BCUT2D eigenvalue weighted by atomic mass is 9.91. The van der Waals surface area contributed by atoms with Crippen LogP contribution in [-0.4, -0.2) is 14.7 Å². The first-order chi connectivity index (χ1) is 9.86. The maximum atomic E-state index is 12.8. The molecule has 114 valence electrons. The number of allylic oxidation sites excluding steroid dienone is 1. The third-order valence-corrected chi connectivity index (χ3v) is 6.41. The van der Waals surface area contributed by atoms with E-state index < -0.39 is 22.5 Å². The fourth-order valence-electron chi connectivity index (χ4n) is 3.29. The first kappa shape index (κ1) is 14.8. The van der Waals surface area contributed by atoms with Crippen molar-refractivity contribution >= 4 is 16.4 Å². The van der Waals surface area contributed by atoms with Gasteiger partial charge in [-0.3, -0.25) is 4.21 Å². The average Bonchev–Trinajstić information content (AvgIpc) is 2.36. The van der Waals surface area contributed by atoms with Gasteiger partial charge in [-0.05, 0) is 49.0 Å². The molecule has 0 aromatic heterocycles. The quantitative estimate of drug-likeness (QED) is 0.747. The van der Waals surface area contributed by atoms with Crippen molar-refractivity contribution in [3.05, 3.63) is 41.0 Å². The molecule has 0 amide bonds. The highest BCUT2D eigenvalue weighted by molar-refractivity contribution is 7.86. The van der Waals surface area contributed by atoms with E-state index in [0.717, 1.165) is 36.5 Å². The molecule has 5 heteroatoms. The lowest BCUT2D eigenvalue weighted by molar-refractivity contribution is -0.138. The number of fused-ring (bicyclic) bond motifs is 2. The van der Waals surface area contributed by atoms with Crippen LogP contribution in [0.15, 0.2) is 24.3 Å². The zero-order chi connectivity index (χ0) is 15.2. The molecule has 1 saturated heterocycles. The number of alkyl halides is 3. The Morgan fingerprint density at radius 3 is 2.62 bits per heavy atom. The number of rotatable bonds is 1. The van der Waals surface area contributed by atoms with Gasteiger partial charge in [0.15, 0.2) is 0 Å². The smallest absolute Gasteiger partial charge is 0.259 e. The molecule has 2 aliphatic rings. The van der Waals surface area contributed by atoms with Gasteiger partial charge in [0.1, 0.15) is 0 Å². The summed E-state index contributed by atoms with van der Waals surface area (Å²) in [7, 11) is -0.811. The number of aryl methyl sites for hydroxylation is 1. The van der Waals surface area contributed by atoms with Gasteiger partial charge in [-0.2, -0.15) is 13.2 Å². The van der Waals surface area contributed by atoms with Gasteiger partial charge < -0.3 is 0 Å². The first-order valence-electron chi connectivity index (χ1n) is 7.14. The van der Waals surface area contributed by atoms with E-state index in [0.29, 0.717) is 6.42 Å². The molecule has 2 aliphatic heterocycles. The molecular formula is C16H17F3OS. The maximum absolute atomic E-state index is 12.8. The van der Waals surface area contributed by atoms with Crippen molar-refractivity contribution in [2.24, 2.45) is 0 Å². The minimum absolute atomic E-state index is 0.0788. The van der Waals surface area contributed by atoms with E-state index in [4.69, 9.17) is 0 Å². The van der Waals surface area contributed by atoms with Crippen LogP contribution in [0.5, 0.6) is 0 Å².